The molecule has 1 aromatic rings. The summed E-state index contributed by atoms with van der Waals surface area (Å²) in [5.74, 6) is 0. The van der Waals surface area contributed by atoms with Gasteiger partial charge in [0.2, 0.25) is 0 Å². The predicted molar refractivity (Wildman–Crippen MR) is 75.5 cm³/mol. The molecule has 4 nitrogen and oxygen atoms in total. The number of nitrogens with zero attached hydrogens (tertiary/aromatic N) is 3. The Kier molecular flexibility index (Phi) is 4.18. The number of carbonyl (C=O) groups excluding carboxylic acids is 1. The normalized spacial score (nSPS) is 19.7. The van der Waals surface area contributed by atoms with E-state index >= 15 is 0 Å². The molecule has 0 saturated carbocycles. The molecule has 1 aliphatic heterocycles. The average Bonchev–Trinajstić information content (AvgIpc) is 2.45. The highest BCUT2D eigenvalue weighted by Gasteiger charge is 2.22. The number of anilines is 1. The quantitative estimate of drug-likeness (QED) is 0.776. The number of benzene rings is 1. The minimum Gasteiger partial charge on any atom is -0.369 e. The lowest BCUT2D eigenvalue weighted by Gasteiger charge is -2.37. The van der Waals surface area contributed by atoms with Gasteiger partial charge in [-0.25, -0.2) is 0 Å². The molecule has 0 amide bonds. The third kappa shape index (κ3) is 2.94. The van der Waals surface area contributed by atoms with Crippen molar-refractivity contribution in [3.63, 3.8) is 0 Å². The fourth-order valence-corrected chi connectivity index (χ4v) is 2.68. The summed E-state index contributed by atoms with van der Waals surface area (Å²) in [6.07, 6.45) is 3.10. The van der Waals surface area contributed by atoms with E-state index in [4.69, 9.17) is 0 Å². The van der Waals surface area contributed by atoms with Crippen LogP contribution in [-0.2, 0) is 0 Å². The Hall–Kier alpha value is -1.86. The second kappa shape index (κ2) is 5.85. The molecular formula is C15H19N3O. The standard InChI is InChI=1S/C15H19N3O/c1-17-7-3-4-14(10-17)18(2)15-6-5-12(11-19)8-13(15)9-16/h5-6,8,11,14H,3-4,7,10H2,1-2H3. The molecule has 0 N–H and O–H groups in total. The van der Waals surface area contributed by atoms with Crippen LogP contribution in [0.2, 0.25) is 0 Å². The second-order valence-corrected chi connectivity index (χ2v) is 5.18. The van der Waals surface area contributed by atoms with Crippen molar-refractivity contribution in [2.24, 2.45) is 0 Å². The molecule has 1 saturated heterocycles. The first kappa shape index (κ1) is 13.6. The third-order valence-corrected chi connectivity index (χ3v) is 3.80. The largest absolute Gasteiger partial charge is 0.369 e. The van der Waals surface area contributed by atoms with Crippen LogP contribution in [0.4, 0.5) is 5.69 Å². The number of carbonyl (C=O) groups is 1. The topological polar surface area (TPSA) is 47.3 Å². The summed E-state index contributed by atoms with van der Waals surface area (Å²) in [6, 6.07) is 7.91. The molecule has 0 spiro atoms. The number of hydrogen-bond acceptors (Lipinski definition) is 4. The van der Waals surface area contributed by atoms with Crippen LogP contribution in [0, 0.1) is 11.3 Å². The predicted octanol–water partition coefficient (Wildman–Crippen LogP) is 1.90. The number of piperidine rings is 1. The second-order valence-electron chi connectivity index (χ2n) is 5.18. The van der Waals surface area contributed by atoms with Crippen molar-refractivity contribution >= 4 is 12.0 Å². The Morgan fingerprint density at radius 1 is 1.53 bits per heavy atom. The number of likely N-dealkylation sites (N-methyl/N-ethyl adjacent to an activating group) is 2. The van der Waals surface area contributed by atoms with Crippen LogP contribution < -0.4 is 4.90 Å². The highest BCUT2D eigenvalue weighted by atomic mass is 16.1. The zero-order valence-electron chi connectivity index (χ0n) is 11.5. The van der Waals surface area contributed by atoms with E-state index < -0.39 is 0 Å². The van der Waals surface area contributed by atoms with E-state index in [1.54, 1.807) is 12.1 Å². The lowest BCUT2D eigenvalue weighted by Crippen LogP contribution is -2.45. The molecule has 1 unspecified atom stereocenters. The van der Waals surface area contributed by atoms with Crippen molar-refractivity contribution in [2.45, 2.75) is 18.9 Å². The van der Waals surface area contributed by atoms with Crippen LogP contribution >= 0.6 is 0 Å². The Balaban J connectivity index is 2.25. The third-order valence-electron chi connectivity index (χ3n) is 3.80. The fraction of sp³-hybridized carbons (Fsp3) is 0.467. The summed E-state index contributed by atoms with van der Waals surface area (Å²) in [6.45, 7) is 2.15. The Morgan fingerprint density at radius 3 is 2.95 bits per heavy atom. The number of aldehydes is 1. The van der Waals surface area contributed by atoms with Crippen molar-refractivity contribution in [1.82, 2.24) is 4.90 Å². The molecule has 19 heavy (non-hydrogen) atoms. The maximum Gasteiger partial charge on any atom is 0.150 e. The minimum absolute atomic E-state index is 0.424. The molecule has 2 rings (SSSR count). The fourth-order valence-electron chi connectivity index (χ4n) is 2.68. The van der Waals surface area contributed by atoms with Crippen molar-refractivity contribution in [3.8, 4) is 6.07 Å². The number of nitriles is 1. The Labute approximate surface area is 114 Å². The van der Waals surface area contributed by atoms with Crippen LogP contribution in [0.15, 0.2) is 18.2 Å². The van der Waals surface area contributed by atoms with Gasteiger partial charge in [-0.15, -0.1) is 0 Å². The van der Waals surface area contributed by atoms with E-state index in [1.165, 1.54) is 6.42 Å². The maximum atomic E-state index is 10.8. The van der Waals surface area contributed by atoms with Crippen molar-refractivity contribution in [2.75, 3.05) is 32.1 Å². The molecule has 0 radical (unpaired) electrons. The van der Waals surface area contributed by atoms with E-state index in [-0.39, 0.29) is 0 Å². The minimum atomic E-state index is 0.424. The van der Waals surface area contributed by atoms with Gasteiger partial charge < -0.3 is 9.80 Å². The van der Waals surface area contributed by atoms with Gasteiger partial charge in [0, 0.05) is 25.2 Å². The molecule has 1 fully saturated rings. The Morgan fingerprint density at radius 2 is 2.32 bits per heavy atom. The highest BCUT2D eigenvalue weighted by molar-refractivity contribution is 5.78. The zero-order valence-corrected chi connectivity index (χ0v) is 11.5. The number of likely N-dealkylation sites (tertiary alicyclic amines) is 1. The van der Waals surface area contributed by atoms with Gasteiger partial charge in [0.25, 0.3) is 0 Å². The molecule has 0 aromatic heterocycles. The summed E-state index contributed by atoms with van der Waals surface area (Å²) in [5.41, 5.74) is 2.03. The maximum absolute atomic E-state index is 10.8. The molecule has 0 bridgehead atoms. The van der Waals surface area contributed by atoms with Crippen molar-refractivity contribution in [1.29, 1.82) is 5.26 Å². The molecule has 1 aromatic carbocycles. The lowest BCUT2D eigenvalue weighted by atomic mass is 10.0. The molecule has 100 valence electrons. The van der Waals surface area contributed by atoms with Gasteiger partial charge in [0.1, 0.15) is 12.4 Å². The van der Waals surface area contributed by atoms with Crippen LogP contribution in [0.3, 0.4) is 0 Å². The summed E-state index contributed by atoms with van der Waals surface area (Å²) < 4.78 is 0. The monoisotopic (exact) mass is 257 g/mol. The smallest absolute Gasteiger partial charge is 0.150 e. The van der Waals surface area contributed by atoms with Crippen LogP contribution in [-0.4, -0.2) is 44.4 Å². The molecule has 1 aliphatic rings. The first-order valence-electron chi connectivity index (χ1n) is 6.56. The van der Waals surface area contributed by atoms with E-state index in [1.807, 2.05) is 13.1 Å². The van der Waals surface area contributed by atoms with Crippen LogP contribution in [0.25, 0.3) is 0 Å². The molecule has 1 atom stereocenters. The van der Waals surface area contributed by atoms with Gasteiger partial charge >= 0.3 is 0 Å². The van der Waals surface area contributed by atoms with Crippen molar-refractivity contribution in [3.05, 3.63) is 29.3 Å². The van der Waals surface area contributed by atoms with E-state index in [2.05, 4.69) is 22.9 Å². The van der Waals surface area contributed by atoms with Gasteiger partial charge in [0.05, 0.1) is 11.3 Å². The van der Waals surface area contributed by atoms with Crippen LogP contribution in [0.5, 0.6) is 0 Å². The van der Waals surface area contributed by atoms with Gasteiger partial charge in [-0.1, -0.05) is 0 Å². The summed E-state index contributed by atoms with van der Waals surface area (Å²) >= 11 is 0. The summed E-state index contributed by atoms with van der Waals surface area (Å²) in [5, 5.41) is 9.23. The zero-order chi connectivity index (χ0) is 13.8. The first-order valence-corrected chi connectivity index (χ1v) is 6.56. The Bertz CT molecular complexity index is 507. The SMILES string of the molecule is CN1CCCC(N(C)c2ccc(C=O)cc2C#N)C1. The summed E-state index contributed by atoms with van der Waals surface area (Å²) in [4.78, 5) is 15.3. The highest BCUT2D eigenvalue weighted by Crippen LogP contribution is 2.25. The summed E-state index contributed by atoms with van der Waals surface area (Å²) in [7, 11) is 4.15. The first-order chi connectivity index (χ1) is 9.15. The van der Waals surface area contributed by atoms with Crippen LogP contribution in [0.1, 0.15) is 28.8 Å². The van der Waals surface area contributed by atoms with Gasteiger partial charge in [0.15, 0.2) is 0 Å². The number of hydrogen-bond donors (Lipinski definition) is 0. The molecule has 1 heterocycles. The van der Waals surface area contributed by atoms with E-state index in [9.17, 15) is 10.1 Å². The van der Waals surface area contributed by atoms with Crippen molar-refractivity contribution < 1.29 is 4.79 Å². The van der Waals surface area contributed by atoms with Gasteiger partial charge in [-0.3, -0.25) is 4.79 Å². The molecular weight excluding hydrogens is 238 g/mol. The van der Waals surface area contributed by atoms with Gasteiger partial charge in [-0.2, -0.15) is 5.26 Å². The lowest BCUT2D eigenvalue weighted by molar-refractivity contribution is 0.112. The number of rotatable bonds is 3. The van der Waals surface area contributed by atoms with Gasteiger partial charge in [-0.05, 0) is 44.6 Å². The molecule has 0 aliphatic carbocycles. The van der Waals surface area contributed by atoms with E-state index in [0.717, 1.165) is 31.5 Å². The average molecular weight is 257 g/mol. The van der Waals surface area contributed by atoms with E-state index in [0.29, 0.717) is 17.2 Å². The molecule has 4 heteroatoms.